The minimum atomic E-state index is -0.882. The van der Waals surface area contributed by atoms with Crippen LogP contribution < -0.4 is 4.90 Å². The summed E-state index contributed by atoms with van der Waals surface area (Å²) in [4.78, 5) is 21.4. The molecule has 9 heteroatoms. The van der Waals surface area contributed by atoms with Crippen LogP contribution in [-0.2, 0) is 9.53 Å². The molecule has 0 aliphatic carbocycles. The molecule has 3 saturated heterocycles. The average Bonchev–Trinajstić information content (AvgIpc) is 3.44. The molecule has 0 aromatic carbocycles. The van der Waals surface area contributed by atoms with E-state index in [2.05, 4.69) is 21.6 Å². The largest absolute Gasteiger partial charge is 0.356 e. The molecule has 3 aliphatic rings. The van der Waals surface area contributed by atoms with E-state index in [0.717, 1.165) is 12.0 Å². The molecule has 0 saturated carbocycles. The molecule has 0 N–H and O–H groups in total. The van der Waals surface area contributed by atoms with E-state index in [4.69, 9.17) is 4.74 Å². The maximum absolute atomic E-state index is 14.0. The number of ether oxygens (including phenoxy) is 1. The third-order valence-corrected chi connectivity index (χ3v) is 6.63. The number of carbonyl (C=O) groups is 1. The third-order valence-electron chi connectivity index (χ3n) is 6.63. The third kappa shape index (κ3) is 3.23. The van der Waals surface area contributed by atoms with Gasteiger partial charge in [0.05, 0.1) is 12.2 Å². The molecule has 3 aliphatic heterocycles. The molecule has 5 rings (SSSR count). The fraction of sp³-hybridized carbons (Fsp3) is 0.435. The Morgan fingerprint density at radius 2 is 2.12 bits per heavy atom. The van der Waals surface area contributed by atoms with Gasteiger partial charge in [-0.2, -0.15) is 9.61 Å². The predicted molar refractivity (Wildman–Crippen MR) is 115 cm³/mol. The minimum absolute atomic E-state index is 0.0457. The van der Waals surface area contributed by atoms with Gasteiger partial charge in [-0.25, -0.2) is 13.8 Å². The maximum Gasteiger partial charge on any atom is 0.257 e. The van der Waals surface area contributed by atoms with Crippen molar-refractivity contribution in [2.24, 2.45) is 0 Å². The number of carbonyl (C=O) groups excluding carboxylic acids is 1. The zero-order valence-electron chi connectivity index (χ0n) is 17.9. The highest BCUT2D eigenvalue weighted by Gasteiger charge is 2.58. The lowest BCUT2D eigenvalue weighted by Gasteiger charge is -2.38. The number of allylic oxidation sites excluding steroid dienone is 3. The number of fused-ring (bicyclic) bond motifs is 2. The molecular formula is C23H25F2N5O2. The fourth-order valence-corrected chi connectivity index (χ4v) is 5.08. The maximum atomic E-state index is 14.0. The lowest BCUT2D eigenvalue weighted by atomic mass is 9.89. The van der Waals surface area contributed by atoms with Crippen molar-refractivity contribution in [2.45, 2.75) is 50.5 Å². The summed E-state index contributed by atoms with van der Waals surface area (Å²) in [6.07, 6.45) is 9.22. The van der Waals surface area contributed by atoms with Crippen LogP contribution >= 0.6 is 0 Å². The first-order valence-electron chi connectivity index (χ1n) is 10.9. The molecular weight excluding hydrogens is 416 g/mol. The first-order valence-corrected chi connectivity index (χ1v) is 10.9. The summed E-state index contributed by atoms with van der Waals surface area (Å²) in [5.74, 6) is -0.164. The van der Waals surface area contributed by atoms with E-state index >= 15 is 0 Å². The van der Waals surface area contributed by atoms with Gasteiger partial charge in [-0.15, -0.1) is 0 Å². The standard InChI is InChI=1S/C23H25F2N5O2/c1-3-4-16(24)13-15(2)18-5-6-20-29(18)22(31)23(32-20)8-11-28(12-9-23)19-7-10-26-21-17(25)14-27-30(19)21/h3-4,7,10,13-14,18,20H,2,5-6,8-9,11-12H2,1H3/b4-3-,16-13+/t18-,20+/m0/s1. The summed E-state index contributed by atoms with van der Waals surface area (Å²) >= 11 is 0. The number of hydrogen-bond acceptors (Lipinski definition) is 5. The second-order valence-electron chi connectivity index (χ2n) is 8.49. The highest BCUT2D eigenvalue weighted by molar-refractivity contribution is 5.88. The van der Waals surface area contributed by atoms with Crippen LogP contribution in [0.25, 0.3) is 5.65 Å². The van der Waals surface area contributed by atoms with E-state index in [1.54, 1.807) is 30.2 Å². The Kier molecular flexibility index (Phi) is 5.08. The quantitative estimate of drug-likeness (QED) is 0.680. The number of halogens is 2. The Bertz CT molecular complexity index is 1130. The van der Waals surface area contributed by atoms with Crippen LogP contribution in [0, 0.1) is 5.82 Å². The minimum Gasteiger partial charge on any atom is -0.356 e. The summed E-state index contributed by atoms with van der Waals surface area (Å²) < 4.78 is 35.6. The number of amides is 1. The van der Waals surface area contributed by atoms with Crippen LogP contribution in [0.5, 0.6) is 0 Å². The molecule has 2 aromatic rings. The van der Waals surface area contributed by atoms with Gasteiger partial charge in [0.25, 0.3) is 5.91 Å². The Balaban J connectivity index is 1.32. The Morgan fingerprint density at radius 3 is 2.88 bits per heavy atom. The van der Waals surface area contributed by atoms with Gasteiger partial charge < -0.3 is 14.5 Å². The summed E-state index contributed by atoms with van der Waals surface area (Å²) in [6, 6.07) is 1.53. The van der Waals surface area contributed by atoms with Gasteiger partial charge in [-0.1, -0.05) is 12.7 Å². The van der Waals surface area contributed by atoms with Crippen LogP contribution in [0.15, 0.2) is 54.7 Å². The SMILES string of the molecule is C=C(/C=C(F)\C=C/C)[C@@H]1CC[C@H]2OC3(CCN(c4ccnc5c(F)cnn45)CC3)C(=O)N21. The molecule has 1 spiro atoms. The molecule has 7 nitrogen and oxygen atoms in total. The first-order chi connectivity index (χ1) is 15.4. The number of aromatic nitrogens is 3. The van der Waals surface area contributed by atoms with E-state index in [-0.39, 0.29) is 29.7 Å². The average molecular weight is 441 g/mol. The molecule has 3 fully saturated rings. The number of anilines is 1. The van der Waals surface area contributed by atoms with Crippen LogP contribution in [-0.4, -0.2) is 56.4 Å². The fourth-order valence-electron chi connectivity index (χ4n) is 5.08. The van der Waals surface area contributed by atoms with E-state index in [9.17, 15) is 13.6 Å². The van der Waals surface area contributed by atoms with E-state index in [1.807, 2.05) is 0 Å². The molecule has 0 unspecified atom stereocenters. The molecule has 32 heavy (non-hydrogen) atoms. The topological polar surface area (TPSA) is 63.0 Å². The Labute approximate surface area is 184 Å². The summed E-state index contributed by atoms with van der Waals surface area (Å²) in [5, 5.41) is 4.09. The van der Waals surface area contributed by atoms with Crippen molar-refractivity contribution in [2.75, 3.05) is 18.0 Å². The van der Waals surface area contributed by atoms with Gasteiger partial charge in [0.2, 0.25) is 0 Å². The highest BCUT2D eigenvalue weighted by atomic mass is 19.1. The van der Waals surface area contributed by atoms with E-state index < -0.39 is 11.4 Å². The number of hydrogen-bond donors (Lipinski definition) is 0. The van der Waals surface area contributed by atoms with Crippen molar-refractivity contribution in [3.8, 4) is 0 Å². The summed E-state index contributed by atoms with van der Waals surface area (Å²) in [6.45, 7) is 6.89. The molecule has 0 radical (unpaired) electrons. The van der Waals surface area contributed by atoms with Crippen molar-refractivity contribution < 1.29 is 18.3 Å². The number of piperidine rings is 1. The second-order valence-corrected chi connectivity index (χ2v) is 8.49. The predicted octanol–water partition coefficient (Wildman–Crippen LogP) is 3.54. The van der Waals surface area contributed by atoms with E-state index in [1.165, 1.54) is 16.7 Å². The van der Waals surface area contributed by atoms with E-state index in [0.29, 0.717) is 44.3 Å². The molecule has 2 atom stereocenters. The van der Waals surface area contributed by atoms with Crippen LogP contribution in [0.3, 0.4) is 0 Å². The van der Waals surface area contributed by atoms with Gasteiger partial charge in [0, 0.05) is 32.1 Å². The summed E-state index contributed by atoms with van der Waals surface area (Å²) in [7, 11) is 0. The van der Waals surface area contributed by atoms with Crippen molar-refractivity contribution in [3.63, 3.8) is 0 Å². The number of nitrogens with zero attached hydrogens (tertiary/aromatic N) is 5. The normalized spacial score (nSPS) is 25.5. The Hall–Kier alpha value is -3.07. The molecule has 0 bridgehead atoms. The van der Waals surface area contributed by atoms with Crippen molar-refractivity contribution in [1.29, 1.82) is 0 Å². The first kappa shape index (κ1) is 20.8. The molecule has 5 heterocycles. The lowest BCUT2D eigenvalue weighted by molar-refractivity contribution is -0.140. The summed E-state index contributed by atoms with van der Waals surface area (Å²) in [5.41, 5.74) is -0.127. The van der Waals surface area contributed by atoms with Gasteiger partial charge in [0.1, 0.15) is 17.9 Å². The van der Waals surface area contributed by atoms with Crippen LogP contribution in [0.2, 0.25) is 0 Å². The highest BCUT2D eigenvalue weighted by Crippen LogP contribution is 2.44. The van der Waals surface area contributed by atoms with Crippen LogP contribution in [0.1, 0.15) is 32.6 Å². The lowest BCUT2D eigenvalue weighted by Crippen LogP contribution is -2.51. The van der Waals surface area contributed by atoms with Crippen molar-refractivity contribution in [1.82, 2.24) is 19.5 Å². The van der Waals surface area contributed by atoms with Gasteiger partial charge in [0.15, 0.2) is 17.1 Å². The Morgan fingerprint density at radius 1 is 1.34 bits per heavy atom. The van der Waals surface area contributed by atoms with Crippen LogP contribution in [0.4, 0.5) is 14.6 Å². The van der Waals surface area contributed by atoms with Gasteiger partial charge in [-0.3, -0.25) is 4.79 Å². The van der Waals surface area contributed by atoms with Gasteiger partial charge in [-0.05, 0) is 43.6 Å². The zero-order chi connectivity index (χ0) is 22.5. The number of rotatable bonds is 4. The zero-order valence-corrected chi connectivity index (χ0v) is 17.9. The molecule has 2 aromatic heterocycles. The smallest absolute Gasteiger partial charge is 0.257 e. The monoisotopic (exact) mass is 441 g/mol. The molecule has 1 amide bonds. The van der Waals surface area contributed by atoms with Gasteiger partial charge >= 0.3 is 0 Å². The van der Waals surface area contributed by atoms with Crippen molar-refractivity contribution in [3.05, 3.63) is 60.5 Å². The van der Waals surface area contributed by atoms with Crippen molar-refractivity contribution >= 4 is 17.4 Å². The second kappa shape index (κ2) is 7.81. The molecule has 168 valence electrons.